The molecule has 170 valence electrons. The molecule has 0 radical (unpaired) electrons. The molecule has 1 atom stereocenters. The van der Waals surface area contributed by atoms with Crippen molar-refractivity contribution >= 4 is 5.91 Å². The van der Waals surface area contributed by atoms with E-state index in [1.807, 2.05) is 30.7 Å². The molecule has 1 aromatic heterocycles. The highest BCUT2D eigenvalue weighted by Gasteiger charge is 2.25. The van der Waals surface area contributed by atoms with Crippen LogP contribution in [0.4, 0.5) is 0 Å². The van der Waals surface area contributed by atoms with Gasteiger partial charge in [-0.05, 0) is 50.9 Å². The molecule has 9 heteroatoms. The summed E-state index contributed by atoms with van der Waals surface area (Å²) in [5, 5.41) is 8.40. The molecular weight excluding hydrogens is 398 g/mol. The van der Waals surface area contributed by atoms with Crippen LogP contribution in [-0.2, 0) is 6.54 Å². The first-order valence-corrected chi connectivity index (χ1v) is 10.8. The zero-order valence-corrected chi connectivity index (χ0v) is 19.1. The molecule has 1 aromatic carbocycles. The Morgan fingerprint density at radius 2 is 1.81 bits per heavy atom. The zero-order valence-electron chi connectivity index (χ0n) is 19.1. The SMILES string of the molecule is CCN(CC)C(=O)c1cn([C@H]2CCCN(Cc3cc(OC)c(OC)c(OC)c3)C2)nn1. The maximum absolute atomic E-state index is 12.5. The van der Waals surface area contributed by atoms with Crippen LogP contribution in [0.25, 0.3) is 0 Å². The van der Waals surface area contributed by atoms with Crippen LogP contribution in [-0.4, -0.2) is 78.2 Å². The average molecular weight is 432 g/mol. The van der Waals surface area contributed by atoms with Gasteiger partial charge in [0.15, 0.2) is 17.2 Å². The quantitative estimate of drug-likeness (QED) is 0.604. The zero-order chi connectivity index (χ0) is 22.4. The predicted molar refractivity (Wildman–Crippen MR) is 117 cm³/mol. The van der Waals surface area contributed by atoms with Crippen molar-refractivity contribution in [3.05, 3.63) is 29.6 Å². The minimum absolute atomic E-state index is 0.0682. The fraction of sp³-hybridized carbons (Fsp3) is 0.591. The Hall–Kier alpha value is -2.81. The molecule has 1 saturated heterocycles. The summed E-state index contributed by atoms with van der Waals surface area (Å²) in [6.45, 7) is 7.84. The average Bonchev–Trinajstić information content (AvgIpc) is 3.29. The van der Waals surface area contributed by atoms with E-state index in [9.17, 15) is 4.79 Å². The molecule has 2 heterocycles. The van der Waals surface area contributed by atoms with Gasteiger partial charge in [0.1, 0.15) is 0 Å². The fourth-order valence-electron chi connectivity index (χ4n) is 4.10. The number of hydrogen-bond donors (Lipinski definition) is 0. The van der Waals surface area contributed by atoms with Crippen molar-refractivity contribution in [2.75, 3.05) is 47.5 Å². The highest BCUT2D eigenvalue weighted by Crippen LogP contribution is 2.38. The van der Waals surface area contributed by atoms with Gasteiger partial charge in [0.2, 0.25) is 5.75 Å². The van der Waals surface area contributed by atoms with Gasteiger partial charge in [-0.15, -0.1) is 5.10 Å². The van der Waals surface area contributed by atoms with Crippen LogP contribution in [0.15, 0.2) is 18.3 Å². The molecular formula is C22H33N5O4. The first-order valence-electron chi connectivity index (χ1n) is 10.8. The van der Waals surface area contributed by atoms with Crippen molar-refractivity contribution in [2.45, 2.75) is 39.3 Å². The van der Waals surface area contributed by atoms with E-state index in [-0.39, 0.29) is 11.9 Å². The Balaban J connectivity index is 1.71. The number of piperidine rings is 1. The Morgan fingerprint density at radius 3 is 2.39 bits per heavy atom. The van der Waals surface area contributed by atoms with Crippen molar-refractivity contribution in [2.24, 2.45) is 0 Å². The summed E-state index contributed by atoms with van der Waals surface area (Å²) in [5.74, 6) is 1.84. The largest absolute Gasteiger partial charge is 0.493 e. The van der Waals surface area contributed by atoms with Crippen molar-refractivity contribution in [3.8, 4) is 17.2 Å². The molecule has 3 rings (SSSR count). The second-order valence-electron chi connectivity index (χ2n) is 7.63. The number of carbonyl (C=O) groups excluding carboxylic acids is 1. The van der Waals surface area contributed by atoms with Gasteiger partial charge in [-0.2, -0.15) is 0 Å². The highest BCUT2D eigenvalue weighted by atomic mass is 16.5. The number of hydrogen-bond acceptors (Lipinski definition) is 7. The summed E-state index contributed by atoms with van der Waals surface area (Å²) in [6.07, 6.45) is 3.84. The number of amides is 1. The first kappa shape index (κ1) is 22.9. The lowest BCUT2D eigenvalue weighted by Crippen LogP contribution is -2.36. The van der Waals surface area contributed by atoms with Gasteiger partial charge < -0.3 is 19.1 Å². The van der Waals surface area contributed by atoms with Crippen LogP contribution in [0, 0.1) is 0 Å². The maximum Gasteiger partial charge on any atom is 0.276 e. The molecule has 0 spiro atoms. The molecule has 0 aliphatic carbocycles. The van der Waals surface area contributed by atoms with Gasteiger partial charge in [-0.3, -0.25) is 9.69 Å². The monoisotopic (exact) mass is 431 g/mol. The van der Waals surface area contributed by atoms with E-state index in [4.69, 9.17) is 14.2 Å². The van der Waals surface area contributed by atoms with E-state index in [0.29, 0.717) is 36.0 Å². The van der Waals surface area contributed by atoms with Crippen LogP contribution < -0.4 is 14.2 Å². The number of ether oxygens (including phenoxy) is 3. The van der Waals surface area contributed by atoms with Gasteiger partial charge in [0.05, 0.1) is 33.6 Å². The molecule has 9 nitrogen and oxygen atoms in total. The third-order valence-corrected chi connectivity index (χ3v) is 5.77. The number of nitrogens with zero attached hydrogens (tertiary/aromatic N) is 5. The molecule has 0 unspecified atom stereocenters. The van der Waals surface area contributed by atoms with Crippen molar-refractivity contribution in [3.63, 3.8) is 0 Å². The number of carbonyl (C=O) groups is 1. The second-order valence-corrected chi connectivity index (χ2v) is 7.63. The van der Waals surface area contributed by atoms with E-state index in [1.54, 1.807) is 32.4 Å². The van der Waals surface area contributed by atoms with E-state index in [2.05, 4.69) is 15.2 Å². The Kier molecular flexibility index (Phi) is 7.73. The minimum atomic E-state index is -0.0682. The highest BCUT2D eigenvalue weighted by molar-refractivity contribution is 5.91. The van der Waals surface area contributed by atoms with E-state index in [0.717, 1.165) is 38.0 Å². The summed E-state index contributed by atoms with van der Waals surface area (Å²) in [4.78, 5) is 16.7. The van der Waals surface area contributed by atoms with Crippen LogP contribution in [0.2, 0.25) is 0 Å². The van der Waals surface area contributed by atoms with Crippen LogP contribution in [0.3, 0.4) is 0 Å². The van der Waals surface area contributed by atoms with Crippen LogP contribution in [0.1, 0.15) is 48.8 Å². The van der Waals surface area contributed by atoms with Gasteiger partial charge in [-0.25, -0.2) is 4.68 Å². The number of aromatic nitrogens is 3. The molecule has 1 aliphatic rings. The topological polar surface area (TPSA) is 82.0 Å². The first-order chi connectivity index (χ1) is 15.0. The standard InChI is InChI=1S/C22H33N5O4/c1-6-26(7-2)22(28)18-15-27(24-23-18)17-9-8-10-25(14-17)13-16-11-19(29-3)21(31-5)20(12-16)30-4/h11-12,15,17H,6-10,13-14H2,1-5H3/t17-/m0/s1. The van der Waals surface area contributed by atoms with Gasteiger partial charge in [0, 0.05) is 26.2 Å². The molecule has 2 aromatic rings. The fourth-order valence-corrected chi connectivity index (χ4v) is 4.10. The minimum Gasteiger partial charge on any atom is -0.493 e. The normalized spacial score (nSPS) is 16.7. The predicted octanol–water partition coefficient (Wildman–Crippen LogP) is 2.62. The Morgan fingerprint density at radius 1 is 1.13 bits per heavy atom. The third kappa shape index (κ3) is 5.10. The lowest BCUT2D eigenvalue weighted by molar-refractivity contribution is 0.0767. The summed E-state index contributed by atoms with van der Waals surface area (Å²) in [5.41, 5.74) is 1.50. The number of likely N-dealkylation sites (tertiary alicyclic amines) is 1. The van der Waals surface area contributed by atoms with Crippen LogP contribution >= 0.6 is 0 Å². The Labute approximate surface area is 183 Å². The second kappa shape index (κ2) is 10.5. The number of methoxy groups -OCH3 is 3. The molecule has 0 saturated carbocycles. The lowest BCUT2D eigenvalue weighted by atomic mass is 10.0. The van der Waals surface area contributed by atoms with Gasteiger partial charge >= 0.3 is 0 Å². The lowest BCUT2D eigenvalue weighted by Gasteiger charge is -2.32. The van der Waals surface area contributed by atoms with Gasteiger partial charge in [-0.1, -0.05) is 5.21 Å². The Bertz CT molecular complexity index is 856. The summed E-state index contributed by atoms with van der Waals surface area (Å²) >= 11 is 0. The molecule has 0 N–H and O–H groups in total. The summed E-state index contributed by atoms with van der Waals surface area (Å²) in [7, 11) is 4.85. The molecule has 1 aliphatic heterocycles. The van der Waals surface area contributed by atoms with Gasteiger partial charge in [0.25, 0.3) is 5.91 Å². The third-order valence-electron chi connectivity index (χ3n) is 5.77. The smallest absolute Gasteiger partial charge is 0.276 e. The molecule has 1 amide bonds. The van der Waals surface area contributed by atoms with E-state index >= 15 is 0 Å². The molecule has 0 bridgehead atoms. The van der Waals surface area contributed by atoms with E-state index in [1.165, 1.54) is 0 Å². The summed E-state index contributed by atoms with van der Waals surface area (Å²) < 4.78 is 18.2. The maximum atomic E-state index is 12.5. The number of benzene rings is 1. The van der Waals surface area contributed by atoms with Crippen molar-refractivity contribution < 1.29 is 19.0 Å². The summed E-state index contributed by atoms with van der Waals surface area (Å²) in [6, 6.07) is 4.16. The number of rotatable bonds is 9. The van der Waals surface area contributed by atoms with E-state index < -0.39 is 0 Å². The van der Waals surface area contributed by atoms with Crippen molar-refractivity contribution in [1.29, 1.82) is 0 Å². The van der Waals surface area contributed by atoms with Crippen molar-refractivity contribution in [1.82, 2.24) is 24.8 Å². The van der Waals surface area contributed by atoms with Crippen LogP contribution in [0.5, 0.6) is 17.2 Å². The molecule has 1 fully saturated rings. The molecule has 31 heavy (non-hydrogen) atoms.